The molecule has 1 rings (SSSR count). The molecule has 2 N–H and O–H groups in total. The topological polar surface area (TPSA) is 93.1 Å². The van der Waals surface area contributed by atoms with Crippen LogP contribution >= 0.6 is 0 Å². The molecule has 3 atom stereocenters. The molecule has 0 unspecified atom stereocenters. The number of carbonyl (C=O) groups excluding carboxylic acids is 2. The van der Waals surface area contributed by atoms with Gasteiger partial charge in [0.15, 0.2) is 5.78 Å². The molecular formula is C22H36O6. The first-order chi connectivity index (χ1) is 12.9. The van der Waals surface area contributed by atoms with Gasteiger partial charge in [-0.25, -0.2) is 0 Å². The van der Waals surface area contributed by atoms with E-state index in [1.54, 1.807) is 13.8 Å². The van der Waals surface area contributed by atoms with Crippen LogP contribution in [0.1, 0.15) is 66.7 Å². The van der Waals surface area contributed by atoms with Gasteiger partial charge >= 0.3 is 5.97 Å². The number of hydrogen-bond acceptors (Lipinski definition) is 6. The van der Waals surface area contributed by atoms with Crippen molar-refractivity contribution in [1.82, 2.24) is 0 Å². The van der Waals surface area contributed by atoms with Crippen LogP contribution in [0.3, 0.4) is 0 Å². The van der Waals surface area contributed by atoms with Gasteiger partial charge in [-0.3, -0.25) is 9.59 Å². The number of ketones is 1. The Morgan fingerprint density at radius 1 is 1.43 bits per heavy atom. The highest BCUT2D eigenvalue weighted by molar-refractivity contribution is 5.91. The molecule has 28 heavy (non-hydrogen) atoms. The zero-order chi connectivity index (χ0) is 21.4. The van der Waals surface area contributed by atoms with Crippen molar-refractivity contribution in [3.63, 3.8) is 0 Å². The molecule has 160 valence electrons. The van der Waals surface area contributed by atoms with Crippen molar-refractivity contribution in [2.45, 2.75) is 84.0 Å². The Kier molecular flexibility index (Phi) is 9.54. The maximum absolute atomic E-state index is 12.1. The molecule has 6 nitrogen and oxygen atoms in total. The Bertz CT molecular complexity index is 586. The molecule has 0 aromatic carbocycles. The van der Waals surface area contributed by atoms with Crippen LogP contribution in [0, 0.1) is 5.92 Å². The number of aliphatic hydroxyl groups excluding tert-OH is 1. The minimum absolute atomic E-state index is 0.00898. The van der Waals surface area contributed by atoms with Gasteiger partial charge in [-0.05, 0) is 70.6 Å². The normalized spacial score (nSPS) is 26.2. The summed E-state index contributed by atoms with van der Waals surface area (Å²) in [6.45, 7) is 9.03. The van der Waals surface area contributed by atoms with Crippen LogP contribution < -0.4 is 0 Å². The van der Waals surface area contributed by atoms with Crippen LogP contribution in [0.15, 0.2) is 23.8 Å². The maximum Gasteiger partial charge on any atom is 0.302 e. The van der Waals surface area contributed by atoms with Crippen molar-refractivity contribution in [2.24, 2.45) is 5.92 Å². The molecule has 1 aliphatic heterocycles. The summed E-state index contributed by atoms with van der Waals surface area (Å²) in [5, 5.41) is 20.2. The van der Waals surface area contributed by atoms with Gasteiger partial charge in [0.1, 0.15) is 6.61 Å². The predicted molar refractivity (Wildman–Crippen MR) is 108 cm³/mol. The van der Waals surface area contributed by atoms with Crippen LogP contribution in [0.5, 0.6) is 0 Å². The summed E-state index contributed by atoms with van der Waals surface area (Å²) in [5.41, 5.74) is -0.644. The summed E-state index contributed by atoms with van der Waals surface area (Å²) >= 11 is 0. The number of carbonyl (C=O) groups is 2. The van der Waals surface area contributed by atoms with E-state index >= 15 is 0 Å². The summed E-state index contributed by atoms with van der Waals surface area (Å²) in [7, 11) is 0. The first-order valence-electron chi connectivity index (χ1n) is 10.0. The zero-order valence-electron chi connectivity index (χ0n) is 17.9. The van der Waals surface area contributed by atoms with Gasteiger partial charge in [0, 0.05) is 12.8 Å². The molecule has 0 radical (unpaired) electrons. The summed E-state index contributed by atoms with van der Waals surface area (Å²) < 4.78 is 10.9. The molecule has 0 spiro atoms. The monoisotopic (exact) mass is 396 g/mol. The van der Waals surface area contributed by atoms with E-state index < -0.39 is 17.3 Å². The Labute approximate surface area is 168 Å². The lowest BCUT2D eigenvalue weighted by Gasteiger charge is -2.33. The van der Waals surface area contributed by atoms with Crippen molar-refractivity contribution < 1.29 is 29.3 Å². The second kappa shape index (κ2) is 10.9. The molecule has 1 saturated heterocycles. The van der Waals surface area contributed by atoms with Crippen LogP contribution in [0.25, 0.3) is 0 Å². The second-order valence-corrected chi connectivity index (χ2v) is 8.50. The van der Waals surface area contributed by atoms with E-state index in [-0.39, 0.29) is 24.3 Å². The molecule has 0 saturated carbocycles. The number of rotatable bonds is 9. The first kappa shape index (κ1) is 24.5. The fourth-order valence-corrected chi connectivity index (χ4v) is 3.08. The second-order valence-electron chi connectivity index (χ2n) is 8.50. The molecule has 1 heterocycles. The van der Waals surface area contributed by atoms with Crippen molar-refractivity contribution >= 4 is 11.8 Å². The van der Waals surface area contributed by atoms with Crippen LogP contribution in [0.2, 0.25) is 0 Å². The summed E-state index contributed by atoms with van der Waals surface area (Å²) in [5.74, 6) is -0.480. The van der Waals surface area contributed by atoms with E-state index in [0.717, 1.165) is 12.0 Å². The smallest absolute Gasteiger partial charge is 0.302 e. The number of ether oxygens (including phenoxy) is 2. The number of esters is 1. The molecule has 0 aromatic rings. The van der Waals surface area contributed by atoms with E-state index in [9.17, 15) is 19.8 Å². The molecule has 0 amide bonds. The lowest BCUT2D eigenvalue weighted by atomic mass is 9.87. The largest absolute Gasteiger partial charge is 0.462 e. The zero-order valence-corrected chi connectivity index (χ0v) is 17.9. The minimum atomic E-state index is -0.998. The van der Waals surface area contributed by atoms with Gasteiger partial charge in [-0.2, -0.15) is 0 Å². The molecule has 0 aromatic heterocycles. The SMILES string of the molecule is CC(=O)OC/C=C1\CC[C@@H](O)[C@](C)(CCC[C@@H](C)C(=O)/C=C/C(C)(C)O)OC1. The number of hydrogen-bond donors (Lipinski definition) is 2. The molecule has 1 fully saturated rings. The molecule has 6 heteroatoms. The van der Waals surface area contributed by atoms with Gasteiger partial charge in [-0.1, -0.05) is 13.0 Å². The molecule has 0 aliphatic carbocycles. The highest BCUT2D eigenvalue weighted by Gasteiger charge is 2.36. The fraction of sp³-hybridized carbons (Fsp3) is 0.727. The van der Waals surface area contributed by atoms with Gasteiger partial charge in [0.05, 0.1) is 23.9 Å². The van der Waals surface area contributed by atoms with Crippen molar-refractivity contribution in [3.8, 4) is 0 Å². The maximum atomic E-state index is 12.1. The summed E-state index contributed by atoms with van der Waals surface area (Å²) in [6, 6.07) is 0. The van der Waals surface area contributed by atoms with E-state index in [1.165, 1.54) is 19.1 Å². The van der Waals surface area contributed by atoms with Crippen molar-refractivity contribution in [2.75, 3.05) is 13.2 Å². The van der Waals surface area contributed by atoms with E-state index in [2.05, 4.69) is 0 Å². The number of allylic oxidation sites excluding steroid dienone is 1. The Morgan fingerprint density at radius 3 is 2.71 bits per heavy atom. The van der Waals surface area contributed by atoms with Crippen LogP contribution in [-0.4, -0.2) is 52.5 Å². The lowest BCUT2D eigenvalue weighted by Crippen LogP contribution is -2.41. The standard InChI is InChI=1S/C22H36O6/c1-16(19(24)10-13-21(3,4)26)7-6-12-22(5)20(25)9-8-18(15-28-22)11-14-27-17(2)23/h10-11,13,16,20,25-26H,6-9,12,14-15H2,1-5H3/b13-10+,18-11+/t16-,20-,22+/m1/s1. The average Bonchev–Trinajstić information content (AvgIpc) is 2.72. The van der Waals surface area contributed by atoms with Gasteiger partial charge in [0.25, 0.3) is 0 Å². The molecular weight excluding hydrogens is 360 g/mol. The van der Waals surface area contributed by atoms with E-state index in [0.29, 0.717) is 32.3 Å². The van der Waals surface area contributed by atoms with E-state index in [1.807, 2.05) is 19.9 Å². The third kappa shape index (κ3) is 9.13. The third-order valence-electron chi connectivity index (χ3n) is 5.14. The Hall–Kier alpha value is -1.50. The Balaban J connectivity index is 2.52. The third-order valence-corrected chi connectivity index (χ3v) is 5.14. The lowest BCUT2D eigenvalue weighted by molar-refractivity contribution is -0.139. The van der Waals surface area contributed by atoms with Gasteiger partial charge < -0.3 is 19.7 Å². The summed E-state index contributed by atoms with van der Waals surface area (Å²) in [4.78, 5) is 23.0. The highest BCUT2D eigenvalue weighted by Crippen LogP contribution is 2.31. The quantitative estimate of drug-likeness (QED) is 0.353. The summed E-state index contributed by atoms with van der Waals surface area (Å²) in [6.07, 6.45) is 7.60. The Morgan fingerprint density at radius 2 is 2.11 bits per heavy atom. The highest BCUT2D eigenvalue weighted by atomic mass is 16.5. The predicted octanol–water partition coefficient (Wildman–Crippen LogP) is 3.11. The van der Waals surface area contributed by atoms with Gasteiger partial charge in [-0.15, -0.1) is 0 Å². The minimum Gasteiger partial charge on any atom is -0.462 e. The van der Waals surface area contributed by atoms with Crippen LogP contribution in [0.4, 0.5) is 0 Å². The van der Waals surface area contributed by atoms with E-state index in [4.69, 9.17) is 9.47 Å². The number of aliphatic hydroxyl groups is 2. The fourth-order valence-electron chi connectivity index (χ4n) is 3.08. The average molecular weight is 397 g/mol. The van der Waals surface area contributed by atoms with Crippen molar-refractivity contribution in [3.05, 3.63) is 23.8 Å². The van der Waals surface area contributed by atoms with Crippen molar-refractivity contribution in [1.29, 1.82) is 0 Å². The molecule has 1 aliphatic rings. The van der Waals surface area contributed by atoms with Gasteiger partial charge in [0.2, 0.25) is 0 Å². The first-order valence-corrected chi connectivity index (χ1v) is 10.0. The van der Waals surface area contributed by atoms with Crippen LogP contribution in [-0.2, 0) is 19.1 Å². The molecule has 0 bridgehead atoms.